The summed E-state index contributed by atoms with van der Waals surface area (Å²) < 4.78 is 5.51. The van der Waals surface area contributed by atoms with Crippen molar-refractivity contribution in [2.24, 2.45) is 0 Å². The molecule has 1 aliphatic heterocycles. The van der Waals surface area contributed by atoms with Crippen molar-refractivity contribution in [1.82, 2.24) is 5.32 Å². The first kappa shape index (κ1) is 11.9. The van der Waals surface area contributed by atoms with Crippen molar-refractivity contribution in [1.29, 1.82) is 0 Å². The number of hydrogen-bond acceptors (Lipinski definition) is 3. The van der Waals surface area contributed by atoms with Gasteiger partial charge in [-0.15, -0.1) is 0 Å². The second-order valence-corrected chi connectivity index (χ2v) is 4.91. The number of amides is 1. The topological polar surface area (TPSA) is 38.3 Å². The van der Waals surface area contributed by atoms with Crippen LogP contribution in [0.2, 0.25) is 0 Å². The van der Waals surface area contributed by atoms with Crippen LogP contribution in [0.5, 0.6) is 0 Å². The first-order valence-electron chi connectivity index (χ1n) is 5.10. The fourth-order valence-corrected chi connectivity index (χ4v) is 1.82. The monoisotopic (exact) mass is 217 g/mol. The summed E-state index contributed by atoms with van der Waals surface area (Å²) in [7, 11) is 0. The summed E-state index contributed by atoms with van der Waals surface area (Å²) in [5, 5.41) is 3.01. The maximum absolute atomic E-state index is 11.6. The Hall–Kier alpha value is -0.220. The van der Waals surface area contributed by atoms with Crippen molar-refractivity contribution >= 4 is 17.7 Å². The Bertz CT molecular complexity index is 193. The lowest BCUT2D eigenvalue weighted by molar-refractivity contribution is -0.121. The highest BCUT2D eigenvalue weighted by molar-refractivity contribution is 7.99. The molecular formula is C10H19NO2S. The summed E-state index contributed by atoms with van der Waals surface area (Å²) >= 11 is 1.56. The molecule has 3 nitrogen and oxygen atoms in total. The molecule has 0 radical (unpaired) electrons. The summed E-state index contributed by atoms with van der Waals surface area (Å²) in [5.41, 5.74) is 0. The normalized spacial score (nSPS) is 25.8. The van der Waals surface area contributed by atoms with Gasteiger partial charge in [0.15, 0.2) is 0 Å². The molecule has 0 aromatic carbocycles. The van der Waals surface area contributed by atoms with Gasteiger partial charge in [-0.1, -0.05) is 0 Å². The van der Waals surface area contributed by atoms with Crippen LogP contribution in [0, 0.1) is 0 Å². The lowest BCUT2D eigenvalue weighted by Crippen LogP contribution is -2.43. The molecule has 1 heterocycles. The van der Waals surface area contributed by atoms with Gasteiger partial charge in [0.25, 0.3) is 0 Å². The average Bonchev–Trinajstić information content (AvgIpc) is 2.69. The lowest BCUT2D eigenvalue weighted by atomic mass is 10.1. The Morgan fingerprint density at radius 3 is 2.79 bits per heavy atom. The van der Waals surface area contributed by atoms with E-state index in [4.69, 9.17) is 4.74 Å². The molecule has 1 rings (SSSR count). The zero-order valence-electron chi connectivity index (χ0n) is 9.08. The number of carbonyl (C=O) groups is 1. The van der Waals surface area contributed by atoms with Crippen LogP contribution < -0.4 is 5.32 Å². The van der Waals surface area contributed by atoms with Crippen LogP contribution in [0.3, 0.4) is 0 Å². The molecule has 0 bridgehead atoms. The number of ether oxygens (including phenoxy) is 1. The molecule has 1 amide bonds. The van der Waals surface area contributed by atoms with E-state index in [-0.39, 0.29) is 23.3 Å². The maximum atomic E-state index is 11.6. The summed E-state index contributed by atoms with van der Waals surface area (Å²) in [6.07, 6.45) is 4.34. The van der Waals surface area contributed by atoms with E-state index < -0.39 is 0 Å². The SMILES string of the molecule is CS[C@H](C)C(=O)N[C@@H](C)[C@H]1CCCO1. The highest BCUT2D eigenvalue weighted by atomic mass is 32.2. The minimum absolute atomic E-state index is 0.0267. The van der Waals surface area contributed by atoms with E-state index in [9.17, 15) is 4.79 Å². The molecule has 1 fully saturated rings. The fourth-order valence-electron chi connectivity index (χ4n) is 1.54. The zero-order chi connectivity index (χ0) is 10.6. The highest BCUT2D eigenvalue weighted by Crippen LogP contribution is 2.16. The summed E-state index contributed by atoms with van der Waals surface area (Å²) in [5.74, 6) is 0.112. The van der Waals surface area contributed by atoms with Gasteiger partial charge >= 0.3 is 0 Å². The molecule has 0 aromatic rings. The van der Waals surface area contributed by atoms with Gasteiger partial charge in [-0.2, -0.15) is 11.8 Å². The van der Waals surface area contributed by atoms with Crippen LogP contribution in [0.4, 0.5) is 0 Å². The third-order valence-corrected chi connectivity index (χ3v) is 3.54. The highest BCUT2D eigenvalue weighted by Gasteiger charge is 2.24. The molecular weight excluding hydrogens is 198 g/mol. The smallest absolute Gasteiger partial charge is 0.233 e. The minimum atomic E-state index is 0.0267. The van der Waals surface area contributed by atoms with E-state index in [1.54, 1.807) is 11.8 Å². The van der Waals surface area contributed by atoms with Crippen molar-refractivity contribution in [3.05, 3.63) is 0 Å². The van der Waals surface area contributed by atoms with Crippen LogP contribution in [-0.4, -0.2) is 36.2 Å². The molecule has 0 unspecified atom stereocenters. The quantitative estimate of drug-likeness (QED) is 0.774. The minimum Gasteiger partial charge on any atom is -0.376 e. The largest absolute Gasteiger partial charge is 0.376 e. The van der Waals surface area contributed by atoms with E-state index in [1.165, 1.54) is 0 Å². The van der Waals surface area contributed by atoms with Gasteiger partial charge in [0.2, 0.25) is 5.91 Å². The van der Waals surface area contributed by atoms with Crippen LogP contribution in [-0.2, 0) is 9.53 Å². The molecule has 82 valence electrons. The Morgan fingerprint density at radius 2 is 2.29 bits per heavy atom. The van der Waals surface area contributed by atoms with Gasteiger partial charge in [-0.05, 0) is 32.9 Å². The molecule has 0 saturated carbocycles. The summed E-state index contributed by atoms with van der Waals surface area (Å²) in [6.45, 7) is 4.77. The van der Waals surface area contributed by atoms with E-state index in [0.717, 1.165) is 19.4 Å². The second-order valence-electron chi connectivity index (χ2n) is 3.73. The van der Waals surface area contributed by atoms with Gasteiger partial charge < -0.3 is 10.1 Å². The first-order chi connectivity index (χ1) is 6.65. The van der Waals surface area contributed by atoms with Gasteiger partial charge in [0.05, 0.1) is 17.4 Å². The van der Waals surface area contributed by atoms with Crippen molar-refractivity contribution in [2.45, 2.75) is 44.1 Å². The molecule has 1 saturated heterocycles. The van der Waals surface area contributed by atoms with Crippen LogP contribution in [0.1, 0.15) is 26.7 Å². The van der Waals surface area contributed by atoms with Gasteiger partial charge in [-0.3, -0.25) is 4.79 Å². The molecule has 0 spiro atoms. The van der Waals surface area contributed by atoms with Crippen molar-refractivity contribution in [3.63, 3.8) is 0 Å². The Balaban J connectivity index is 2.31. The van der Waals surface area contributed by atoms with Crippen molar-refractivity contribution < 1.29 is 9.53 Å². The molecule has 3 atom stereocenters. The van der Waals surface area contributed by atoms with E-state index in [2.05, 4.69) is 5.32 Å². The maximum Gasteiger partial charge on any atom is 0.233 e. The third kappa shape index (κ3) is 3.17. The van der Waals surface area contributed by atoms with Gasteiger partial charge in [-0.25, -0.2) is 0 Å². The third-order valence-electron chi connectivity index (χ3n) is 2.62. The predicted octanol–water partition coefficient (Wildman–Crippen LogP) is 1.42. The average molecular weight is 217 g/mol. The Kier molecular flexibility index (Phi) is 4.75. The summed E-state index contributed by atoms with van der Waals surface area (Å²) in [4.78, 5) is 11.6. The standard InChI is InChI=1S/C10H19NO2S/c1-7(9-5-4-6-13-9)11-10(12)8(2)14-3/h7-9H,4-6H2,1-3H3,(H,11,12)/t7-,8+,9+/m0/s1. The van der Waals surface area contributed by atoms with E-state index >= 15 is 0 Å². The Morgan fingerprint density at radius 1 is 1.57 bits per heavy atom. The molecule has 0 aliphatic carbocycles. The number of rotatable bonds is 4. The Labute approximate surface area is 90.0 Å². The van der Waals surface area contributed by atoms with Gasteiger partial charge in [0, 0.05) is 6.61 Å². The molecule has 4 heteroatoms. The number of carbonyl (C=O) groups excluding carboxylic acids is 1. The second kappa shape index (κ2) is 5.61. The predicted molar refractivity (Wildman–Crippen MR) is 59.6 cm³/mol. The number of hydrogen-bond donors (Lipinski definition) is 1. The van der Waals surface area contributed by atoms with Crippen molar-refractivity contribution in [3.8, 4) is 0 Å². The molecule has 1 aliphatic rings. The summed E-state index contributed by atoms with van der Waals surface area (Å²) in [6, 6.07) is 0.139. The van der Waals surface area contributed by atoms with Crippen LogP contribution in [0.25, 0.3) is 0 Å². The molecule has 1 N–H and O–H groups in total. The zero-order valence-corrected chi connectivity index (χ0v) is 9.89. The fraction of sp³-hybridized carbons (Fsp3) is 0.900. The number of nitrogens with one attached hydrogen (secondary N) is 1. The van der Waals surface area contributed by atoms with Gasteiger partial charge in [0.1, 0.15) is 0 Å². The number of thioether (sulfide) groups is 1. The molecule has 14 heavy (non-hydrogen) atoms. The van der Waals surface area contributed by atoms with E-state index in [0.29, 0.717) is 0 Å². The van der Waals surface area contributed by atoms with Crippen molar-refractivity contribution in [2.75, 3.05) is 12.9 Å². The van der Waals surface area contributed by atoms with Crippen LogP contribution >= 0.6 is 11.8 Å². The first-order valence-corrected chi connectivity index (χ1v) is 6.38. The lowest BCUT2D eigenvalue weighted by Gasteiger charge is -2.21. The van der Waals surface area contributed by atoms with E-state index in [1.807, 2.05) is 20.1 Å². The molecule has 0 aromatic heterocycles. The van der Waals surface area contributed by atoms with Crippen LogP contribution in [0.15, 0.2) is 0 Å².